The van der Waals surface area contributed by atoms with Crippen LogP contribution in [0.25, 0.3) is 0 Å². The molecule has 0 amide bonds. The molecule has 1 atom stereocenters. The van der Waals surface area contributed by atoms with Crippen LogP contribution in [0.15, 0.2) is 48.5 Å². The number of aliphatic hydroxyl groups is 1. The van der Waals surface area contributed by atoms with Crippen molar-refractivity contribution in [1.82, 2.24) is 0 Å². The predicted molar refractivity (Wildman–Crippen MR) is 85.3 cm³/mol. The molecule has 0 spiro atoms. The average Bonchev–Trinajstić information content (AvgIpc) is 2.55. The number of benzene rings is 2. The second-order valence-electron chi connectivity index (χ2n) is 5.09. The molecule has 0 fully saturated rings. The summed E-state index contributed by atoms with van der Waals surface area (Å²) in [5.41, 5.74) is 2.08. The van der Waals surface area contributed by atoms with Crippen molar-refractivity contribution in [2.45, 2.75) is 19.6 Å². The van der Waals surface area contributed by atoms with E-state index in [0.29, 0.717) is 6.61 Å². The van der Waals surface area contributed by atoms with Gasteiger partial charge in [0.25, 0.3) is 0 Å². The summed E-state index contributed by atoms with van der Waals surface area (Å²) in [4.78, 5) is 0. The Hall–Kier alpha value is -2.04. The lowest BCUT2D eigenvalue weighted by atomic mass is 10.2. The van der Waals surface area contributed by atoms with Crippen LogP contribution in [0.5, 0.6) is 11.5 Å². The van der Waals surface area contributed by atoms with E-state index in [9.17, 15) is 5.11 Å². The topological polar surface area (TPSA) is 47.9 Å². The zero-order valence-corrected chi connectivity index (χ0v) is 13.0. The van der Waals surface area contributed by atoms with Crippen LogP contribution in [0.2, 0.25) is 0 Å². The van der Waals surface area contributed by atoms with Gasteiger partial charge in [-0.15, -0.1) is 0 Å². The number of hydrogen-bond donors (Lipinski definition) is 1. The van der Waals surface area contributed by atoms with E-state index >= 15 is 0 Å². The maximum atomic E-state index is 9.89. The summed E-state index contributed by atoms with van der Waals surface area (Å²) in [6, 6.07) is 15.4. The molecular weight excluding hydrogens is 280 g/mol. The minimum absolute atomic E-state index is 0.216. The van der Waals surface area contributed by atoms with E-state index in [0.717, 1.165) is 22.6 Å². The Bertz CT molecular complexity index is 566. The highest BCUT2D eigenvalue weighted by molar-refractivity contribution is 5.31. The molecule has 2 rings (SSSR count). The van der Waals surface area contributed by atoms with Gasteiger partial charge in [-0.25, -0.2) is 0 Å². The van der Waals surface area contributed by atoms with Gasteiger partial charge in [-0.1, -0.05) is 30.3 Å². The molecule has 0 aliphatic carbocycles. The Kier molecular flexibility index (Phi) is 6.25. The second kappa shape index (κ2) is 8.41. The fourth-order valence-corrected chi connectivity index (χ4v) is 1.99. The van der Waals surface area contributed by atoms with E-state index in [1.807, 2.05) is 55.5 Å². The van der Waals surface area contributed by atoms with Crippen LogP contribution < -0.4 is 9.47 Å². The lowest BCUT2D eigenvalue weighted by molar-refractivity contribution is 0.00537. The van der Waals surface area contributed by atoms with Crippen molar-refractivity contribution < 1.29 is 19.3 Å². The molecule has 118 valence electrons. The van der Waals surface area contributed by atoms with Crippen molar-refractivity contribution in [3.8, 4) is 11.5 Å². The van der Waals surface area contributed by atoms with Crippen molar-refractivity contribution >= 4 is 0 Å². The molecule has 0 heterocycles. The van der Waals surface area contributed by atoms with E-state index in [-0.39, 0.29) is 13.2 Å². The van der Waals surface area contributed by atoms with Crippen LogP contribution in [-0.2, 0) is 11.3 Å². The Morgan fingerprint density at radius 2 is 1.73 bits per heavy atom. The van der Waals surface area contributed by atoms with E-state index in [1.165, 1.54) is 0 Å². The first-order valence-corrected chi connectivity index (χ1v) is 7.26. The van der Waals surface area contributed by atoms with Crippen LogP contribution in [0.1, 0.15) is 11.1 Å². The number of aryl methyl sites for hydroxylation is 1. The third-order valence-electron chi connectivity index (χ3n) is 3.26. The van der Waals surface area contributed by atoms with Gasteiger partial charge in [0, 0.05) is 0 Å². The highest BCUT2D eigenvalue weighted by Crippen LogP contribution is 2.16. The SMILES string of the molecule is COc1ccc(COCC(O)COc2ccccc2C)cc1. The number of methoxy groups -OCH3 is 1. The van der Waals surface area contributed by atoms with Crippen LogP contribution >= 0.6 is 0 Å². The number of ether oxygens (including phenoxy) is 3. The minimum Gasteiger partial charge on any atom is -0.497 e. The van der Waals surface area contributed by atoms with Gasteiger partial charge in [0.15, 0.2) is 0 Å². The molecule has 0 aromatic heterocycles. The zero-order valence-electron chi connectivity index (χ0n) is 13.0. The van der Waals surface area contributed by atoms with E-state index in [2.05, 4.69) is 0 Å². The van der Waals surface area contributed by atoms with Gasteiger partial charge in [-0.2, -0.15) is 0 Å². The lowest BCUT2D eigenvalue weighted by Crippen LogP contribution is -2.23. The second-order valence-corrected chi connectivity index (χ2v) is 5.09. The fourth-order valence-electron chi connectivity index (χ4n) is 1.99. The largest absolute Gasteiger partial charge is 0.497 e. The lowest BCUT2D eigenvalue weighted by Gasteiger charge is -2.14. The van der Waals surface area contributed by atoms with Gasteiger partial charge in [0.05, 0.1) is 20.3 Å². The first-order chi connectivity index (χ1) is 10.7. The molecule has 0 radical (unpaired) electrons. The molecule has 1 unspecified atom stereocenters. The molecule has 22 heavy (non-hydrogen) atoms. The van der Waals surface area contributed by atoms with Gasteiger partial charge in [0.2, 0.25) is 0 Å². The van der Waals surface area contributed by atoms with Crippen LogP contribution in [0, 0.1) is 6.92 Å². The number of hydrogen-bond acceptors (Lipinski definition) is 4. The smallest absolute Gasteiger partial charge is 0.122 e. The number of rotatable bonds is 8. The maximum Gasteiger partial charge on any atom is 0.122 e. The molecule has 0 saturated heterocycles. The summed E-state index contributed by atoms with van der Waals surface area (Å²) < 4.78 is 16.2. The summed E-state index contributed by atoms with van der Waals surface area (Å²) in [6.45, 7) is 2.87. The molecule has 2 aromatic carbocycles. The number of aliphatic hydroxyl groups excluding tert-OH is 1. The van der Waals surface area contributed by atoms with Crippen LogP contribution in [0.4, 0.5) is 0 Å². The summed E-state index contributed by atoms with van der Waals surface area (Å²) in [7, 11) is 1.64. The average molecular weight is 302 g/mol. The highest BCUT2D eigenvalue weighted by atomic mass is 16.5. The molecule has 0 saturated carbocycles. The highest BCUT2D eigenvalue weighted by Gasteiger charge is 2.07. The van der Waals surface area contributed by atoms with Gasteiger partial charge in [-0.05, 0) is 36.2 Å². The minimum atomic E-state index is -0.655. The standard InChI is InChI=1S/C18H22O4/c1-14-5-3-4-6-18(14)22-13-16(19)12-21-11-15-7-9-17(20-2)10-8-15/h3-10,16,19H,11-13H2,1-2H3. The van der Waals surface area contributed by atoms with Crippen molar-refractivity contribution in [2.75, 3.05) is 20.3 Å². The first kappa shape index (κ1) is 16.3. The van der Waals surface area contributed by atoms with E-state index < -0.39 is 6.10 Å². The van der Waals surface area contributed by atoms with Crippen molar-refractivity contribution in [3.63, 3.8) is 0 Å². The summed E-state index contributed by atoms with van der Waals surface area (Å²) >= 11 is 0. The van der Waals surface area contributed by atoms with E-state index in [1.54, 1.807) is 7.11 Å². The van der Waals surface area contributed by atoms with Crippen molar-refractivity contribution in [2.24, 2.45) is 0 Å². The Morgan fingerprint density at radius 1 is 1.00 bits per heavy atom. The molecule has 2 aromatic rings. The molecule has 4 heteroatoms. The Labute approximate surface area is 131 Å². The van der Waals surface area contributed by atoms with Gasteiger partial charge >= 0.3 is 0 Å². The third-order valence-corrected chi connectivity index (χ3v) is 3.26. The molecule has 4 nitrogen and oxygen atoms in total. The molecular formula is C18H22O4. The van der Waals surface area contributed by atoms with Gasteiger partial charge < -0.3 is 19.3 Å². The summed E-state index contributed by atoms with van der Waals surface area (Å²) in [5.74, 6) is 1.60. The quantitative estimate of drug-likeness (QED) is 0.814. The van der Waals surface area contributed by atoms with Crippen LogP contribution in [0.3, 0.4) is 0 Å². The third kappa shape index (κ3) is 5.06. The zero-order chi connectivity index (χ0) is 15.8. The molecule has 0 aliphatic heterocycles. The normalized spacial score (nSPS) is 12.0. The Balaban J connectivity index is 1.69. The molecule has 0 aliphatic rings. The maximum absolute atomic E-state index is 9.89. The monoisotopic (exact) mass is 302 g/mol. The molecule has 0 bridgehead atoms. The summed E-state index contributed by atoms with van der Waals surface area (Å²) in [6.07, 6.45) is -0.655. The van der Waals surface area contributed by atoms with Crippen molar-refractivity contribution in [3.05, 3.63) is 59.7 Å². The van der Waals surface area contributed by atoms with Crippen molar-refractivity contribution in [1.29, 1.82) is 0 Å². The molecule has 1 N–H and O–H groups in total. The van der Waals surface area contributed by atoms with Gasteiger partial charge in [-0.3, -0.25) is 0 Å². The Morgan fingerprint density at radius 3 is 2.41 bits per heavy atom. The predicted octanol–water partition coefficient (Wildman–Crippen LogP) is 2.96. The summed E-state index contributed by atoms with van der Waals surface area (Å²) in [5, 5.41) is 9.89. The van der Waals surface area contributed by atoms with Gasteiger partial charge in [0.1, 0.15) is 24.2 Å². The number of para-hydroxylation sites is 1. The first-order valence-electron chi connectivity index (χ1n) is 7.26. The van der Waals surface area contributed by atoms with Crippen LogP contribution in [-0.4, -0.2) is 31.5 Å². The fraction of sp³-hybridized carbons (Fsp3) is 0.333. The van der Waals surface area contributed by atoms with E-state index in [4.69, 9.17) is 14.2 Å².